The van der Waals surface area contributed by atoms with Crippen LogP contribution in [0.2, 0.25) is 0 Å². The topological polar surface area (TPSA) is 70.1 Å². The molecule has 2 aromatic rings. The molecule has 2 aliphatic heterocycles. The first-order valence-corrected chi connectivity index (χ1v) is 10.8. The predicted octanol–water partition coefficient (Wildman–Crippen LogP) is 3.57. The minimum absolute atomic E-state index is 0.00371. The Morgan fingerprint density at radius 3 is 2.30 bits per heavy atom. The van der Waals surface area contributed by atoms with Gasteiger partial charge in [-0.2, -0.15) is 5.06 Å². The zero-order valence-corrected chi connectivity index (χ0v) is 16.8. The highest BCUT2D eigenvalue weighted by molar-refractivity contribution is 6.07. The number of phenols is 1. The van der Waals surface area contributed by atoms with Gasteiger partial charge in [0, 0.05) is 12.6 Å². The van der Waals surface area contributed by atoms with Gasteiger partial charge in [0.05, 0.1) is 12.0 Å². The quantitative estimate of drug-likeness (QED) is 0.786. The molecule has 5 rings (SSSR count). The fraction of sp³-hybridized carbons (Fsp3) is 0.417. The Morgan fingerprint density at radius 2 is 1.60 bits per heavy atom. The van der Waals surface area contributed by atoms with Gasteiger partial charge in [-0.15, -0.1) is 0 Å². The van der Waals surface area contributed by atoms with Crippen LogP contribution in [0, 0.1) is 5.92 Å². The van der Waals surface area contributed by atoms with Gasteiger partial charge < -0.3 is 5.11 Å². The molecule has 0 aromatic heterocycles. The second-order valence-electron chi connectivity index (χ2n) is 8.49. The molecular formula is C24H26N2O4. The summed E-state index contributed by atoms with van der Waals surface area (Å²) in [6, 6.07) is 16.4. The van der Waals surface area contributed by atoms with Crippen LogP contribution < -0.4 is 0 Å². The predicted molar refractivity (Wildman–Crippen MR) is 110 cm³/mol. The van der Waals surface area contributed by atoms with Crippen molar-refractivity contribution in [2.75, 3.05) is 0 Å². The number of imide groups is 1. The summed E-state index contributed by atoms with van der Waals surface area (Å²) in [7, 11) is 0. The number of benzene rings is 2. The van der Waals surface area contributed by atoms with Gasteiger partial charge >= 0.3 is 0 Å². The van der Waals surface area contributed by atoms with Gasteiger partial charge in [-0.05, 0) is 36.1 Å². The smallest absolute Gasteiger partial charge is 0.261 e. The first kappa shape index (κ1) is 19.3. The van der Waals surface area contributed by atoms with Crippen LogP contribution in [0.3, 0.4) is 0 Å². The molecule has 1 N–H and O–H groups in total. The number of likely N-dealkylation sites (tertiary alicyclic amines) is 1. The number of nitrogens with zero attached hydrogens (tertiary/aromatic N) is 2. The van der Waals surface area contributed by atoms with E-state index in [-0.39, 0.29) is 29.6 Å². The van der Waals surface area contributed by atoms with E-state index in [1.54, 1.807) is 17.2 Å². The highest BCUT2D eigenvalue weighted by Crippen LogP contribution is 2.46. The number of hydrogen-bond donors (Lipinski definition) is 1. The van der Waals surface area contributed by atoms with Gasteiger partial charge in [-0.25, -0.2) is 0 Å². The van der Waals surface area contributed by atoms with Gasteiger partial charge in [0.1, 0.15) is 5.75 Å². The molecule has 3 atom stereocenters. The van der Waals surface area contributed by atoms with Gasteiger partial charge in [0.2, 0.25) is 5.91 Å². The average molecular weight is 406 g/mol. The summed E-state index contributed by atoms with van der Waals surface area (Å²) in [5.41, 5.74) is 1.91. The van der Waals surface area contributed by atoms with Crippen molar-refractivity contribution in [2.45, 2.75) is 56.8 Å². The van der Waals surface area contributed by atoms with Crippen molar-refractivity contribution in [1.29, 1.82) is 0 Å². The first-order valence-electron chi connectivity index (χ1n) is 10.8. The van der Waals surface area contributed by atoms with Crippen LogP contribution in [0.5, 0.6) is 5.75 Å². The number of amides is 2. The molecule has 0 spiro atoms. The third kappa shape index (κ3) is 3.30. The van der Waals surface area contributed by atoms with E-state index in [4.69, 9.17) is 4.84 Å². The van der Waals surface area contributed by atoms with Crippen molar-refractivity contribution in [3.8, 4) is 5.75 Å². The fourth-order valence-electron chi connectivity index (χ4n) is 5.13. The van der Waals surface area contributed by atoms with Crippen LogP contribution in [0.25, 0.3) is 0 Å². The molecule has 30 heavy (non-hydrogen) atoms. The Bertz CT molecular complexity index is 924. The van der Waals surface area contributed by atoms with Crippen molar-refractivity contribution in [1.82, 2.24) is 9.96 Å². The van der Waals surface area contributed by atoms with Crippen LogP contribution in [-0.4, -0.2) is 39.0 Å². The van der Waals surface area contributed by atoms with E-state index < -0.39 is 12.0 Å². The van der Waals surface area contributed by atoms with Crippen molar-refractivity contribution >= 4 is 11.8 Å². The molecule has 1 saturated carbocycles. The summed E-state index contributed by atoms with van der Waals surface area (Å²) in [6.45, 7) is 0.476. The lowest BCUT2D eigenvalue weighted by atomic mass is 9.90. The lowest BCUT2D eigenvalue weighted by molar-refractivity contribution is -0.185. The zero-order valence-electron chi connectivity index (χ0n) is 16.8. The molecular weight excluding hydrogens is 380 g/mol. The van der Waals surface area contributed by atoms with Gasteiger partial charge in [0.15, 0.2) is 6.10 Å². The molecule has 3 aliphatic rings. The molecule has 6 nitrogen and oxygen atoms in total. The van der Waals surface area contributed by atoms with Gasteiger partial charge in [0.25, 0.3) is 5.91 Å². The number of fused-ring (bicyclic) bond motifs is 1. The van der Waals surface area contributed by atoms with Crippen LogP contribution in [0.1, 0.15) is 49.3 Å². The molecule has 1 aliphatic carbocycles. The maximum Gasteiger partial charge on any atom is 0.261 e. The standard InChI is InChI=1S/C24H26N2O4/c27-19-13-11-17(12-14-19)21-20-22(30-25(21)15-16-7-3-1-4-8-16)24(29)26(23(20)28)18-9-5-2-6-10-18/h1,3-4,7-8,11-14,18,20-22,27H,2,5-6,9-10,15H2. The molecule has 2 saturated heterocycles. The monoisotopic (exact) mass is 406 g/mol. The van der Waals surface area contributed by atoms with E-state index in [2.05, 4.69) is 0 Å². The van der Waals surface area contributed by atoms with E-state index in [0.717, 1.165) is 43.2 Å². The lowest BCUT2D eigenvalue weighted by Gasteiger charge is -2.32. The summed E-state index contributed by atoms with van der Waals surface area (Å²) in [5.74, 6) is -0.712. The Balaban J connectivity index is 1.48. The van der Waals surface area contributed by atoms with Gasteiger partial charge in [-0.1, -0.05) is 61.7 Å². The van der Waals surface area contributed by atoms with Crippen LogP contribution in [0.4, 0.5) is 0 Å². The number of rotatable bonds is 4. The molecule has 156 valence electrons. The van der Waals surface area contributed by atoms with E-state index in [9.17, 15) is 14.7 Å². The Morgan fingerprint density at radius 1 is 0.900 bits per heavy atom. The minimum atomic E-state index is -0.776. The number of carbonyl (C=O) groups excluding carboxylic acids is 2. The van der Waals surface area contributed by atoms with Gasteiger partial charge in [-0.3, -0.25) is 19.3 Å². The summed E-state index contributed by atoms with van der Waals surface area (Å²) < 4.78 is 0. The van der Waals surface area contributed by atoms with Crippen molar-refractivity contribution in [3.05, 3.63) is 65.7 Å². The van der Waals surface area contributed by atoms with Crippen LogP contribution in [0.15, 0.2) is 54.6 Å². The second-order valence-corrected chi connectivity index (χ2v) is 8.49. The summed E-state index contributed by atoms with van der Waals surface area (Å²) in [6.07, 6.45) is 4.26. The third-order valence-corrected chi connectivity index (χ3v) is 6.58. The van der Waals surface area contributed by atoms with Crippen molar-refractivity contribution in [3.63, 3.8) is 0 Å². The molecule has 0 bridgehead atoms. The minimum Gasteiger partial charge on any atom is -0.508 e. The van der Waals surface area contributed by atoms with Crippen molar-refractivity contribution < 1.29 is 19.5 Å². The van der Waals surface area contributed by atoms with E-state index in [1.165, 1.54) is 4.90 Å². The lowest BCUT2D eigenvalue weighted by Crippen LogP contribution is -2.44. The molecule has 3 unspecified atom stereocenters. The largest absolute Gasteiger partial charge is 0.508 e. The average Bonchev–Trinajstić information content (AvgIpc) is 3.25. The Hall–Kier alpha value is -2.70. The first-order chi connectivity index (χ1) is 14.6. The Labute approximate surface area is 176 Å². The van der Waals surface area contributed by atoms with Crippen molar-refractivity contribution in [2.24, 2.45) is 5.92 Å². The number of phenolic OH excluding ortho intramolecular Hbond substituents is 1. The number of hydrogen-bond acceptors (Lipinski definition) is 5. The molecule has 6 heteroatoms. The van der Waals surface area contributed by atoms with E-state index in [1.807, 2.05) is 42.5 Å². The third-order valence-electron chi connectivity index (χ3n) is 6.58. The number of hydroxylamine groups is 2. The van der Waals surface area contributed by atoms with Crippen LogP contribution >= 0.6 is 0 Å². The highest BCUT2D eigenvalue weighted by Gasteiger charge is 2.60. The van der Waals surface area contributed by atoms with E-state index in [0.29, 0.717) is 6.54 Å². The molecule has 2 heterocycles. The highest BCUT2D eigenvalue weighted by atomic mass is 16.7. The maximum absolute atomic E-state index is 13.5. The maximum atomic E-state index is 13.5. The molecule has 3 fully saturated rings. The zero-order chi connectivity index (χ0) is 20.7. The number of carbonyl (C=O) groups is 2. The molecule has 0 radical (unpaired) electrons. The Kier molecular flexibility index (Phi) is 5.05. The van der Waals surface area contributed by atoms with Crippen LogP contribution in [-0.2, 0) is 21.0 Å². The number of aromatic hydroxyl groups is 1. The second kappa shape index (κ2) is 7.85. The SMILES string of the molecule is O=C1C2ON(Cc3ccccc3)C(c3ccc(O)cc3)C2C(=O)N1C1CCCCC1. The summed E-state index contributed by atoms with van der Waals surface area (Å²) >= 11 is 0. The fourth-order valence-corrected chi connectivity index (χ4v) is 5.13. The summed E-state index contributed by atoms with van der Waals surface area (Å²) in [5, 5.41) is 11.5. The molecule has 2 aromatic carbocycles. The normalized spacial score (nSPS) is 27.6. The summed E-state index contributed by atoms with van der Waals surface area (Å²) in [4.78, 5) is 34.4. The van der Waals surface area contributed by atoms with E-state index >= 15 is 0 Å². The molecule has 2 amide bonds.